The average Bonchev–Trinajstić information content (AvgIpc) is 3.16. The van der Waals surface area contributed by atoms with Crippen molar-refractivity contribution in [3.8, 4) is 0 Å². The molecule has 1 aliphatic rings. The SMILES string of the molecule is CN1CCCN(C)C(=O)CCCCc2cc(ccc2Cl)Nc2ncnc3[nH]cc(c23)C1. The van der Waals surface area contributed by atoms with Crippen molar-refractivity contribution in [1.82, 2.24) is 24.8 Å². The number of amides is 1. The summed E-state index contributed by atoms with van der Waals surface area (Å²) in [4.78, 5) is 28.7. The molecule has 3 heterocycles. The predicted octanol–water partition coefficient (Wildman–Crippen LogP) is 4.36. The molecule has 31 heavy (non-hydrogen) atoms. The maximum Gasteiger partial charge on any atom is 0.222 e. The second kappa shape index (κ2) is 9.66. The molecule has 0 spiro atoms. The zero-order chi connectivity index (χ0) is 21.8. The Morgan fingerprint density at radius 2 is 1.87 bits per heavy atom. The fourth-order valence-electron chi connectivity index (χ4n) is 4.08. The molecule has 1 aromatic carbocycles. The Morgan fingerprint density at radius 1 is 1.03 bits per heavy atom. The lowest BCUT2D eigenvalue weighted by Crippen LogP contribution is -2.30. The summed E-state index contributed by atoms with van der Waals surface area (Å²) in [5, 5.41) is 5.21. The van der Waals surface area contributed by atoms with Crippen LogP contribution in [0.5, 0.6) is 0 Å². The molecule has 4 rings (SSSR count). The number of rotatable bonds is 0. The van der Waals surface area contributed by atoms with Gasteiger partial charge in [-0.05, 0) is 68.6 Å². The second-order valence-electron chi connectivity index (χ2n) is 8.30. The molecule has 1 amide bonds. The molecule has 8 heteroatoms. The van der Waals surface area contributed by atoms with Crippen molar-refractivity contribution in [2.75, 3.05) is 32.5 Å². The van der Waals surface area contributed by atoms with Gasteiger partial charge < -0.3 is 20.1 Å². The van der Waals surface area contributed by atoms with Crippen molar-refractivity contribution in [2.24, 2.45) is 0 Å². The zero-order valence-electron chi connectivity index (χ0n) is 18.1. The van der Waals surface area contributed by atoms with E-state index < -0.39 is 0 Å². The van der Waals surface area contributed by atoms with Gasteiger partial charge >= 0.3 is 0 Å². The molecule has 0 radical (unpaired) electrons. The molecular formula is C23H29ClN6O. The number of aromatic amines is 1. The van der Waals surface area contributed by atoms with Gasteiger partial charge in [0.2, 0.25) is 5.91 Å². The number of hydrogen-bond donors (Lipinski definition) is 2. The summed E-state index contributed by atoms with van der Waals surface area (Å²) in [5.41, 5.74) is 3.97. The van der Waals surface area contributed by atoms with E-state index >= 15 is 0 Å². The van der Waals surface area contributed by atoms with E-state index in [9.17, 15) is 4.79 Å². The van der Waals surface area contributed by atoms with Gasteiger partial charge in [-0.2, -0.15) is 0 Å². The van der Waals surface area contributed by atoms with E-state index in [0.29, 0.717) is 6.42 Å². The van der Waals surface area contributed by atoms with Gasteiger partial charge in [0.05, 0.1) is 5.39 Å². The van der Waals surface area contributed by atoms with Crippen LogP contribution in [0.15, 0.2) is 30.7 Å². The first-order valence-corrected chi connectivity index (χ1v) is 11.2. The lowest BCUT2D eigenvalue weighted by Gasteiger charge is -2.21. The van der Waals surface area contributed by atoms with Gasteiger partial charge in [0, 0.05) is 43.5 Å². The Hall–Kier alpha value is -2.64. The second-order valence-corrected chi connectivity index (χ2v) is 8.71. The van der Waals surface area contributed by atoms with Crippen LogP contribution in [0, 0.1) is 0 Å². The highest BCUT2D eigenvalue weighted by Gasteiger charge is 2.15. The molecule has 0 unspecified atom stereocenters. The predicted molar refractivity (Wildman–Crippen MR) is 125 cm³/mol. The number of carbonyl (C=O) groups is 1. The zero-order valence-corrected chi connectivity index (χ0v) is 18.9. The normalized spacial score (nSPS) is 17.3. The Kier molecular flexibility index (Phi) is 6.73. The summed E-state index contributed by atoms with van der Waals surface area (Å²) < 4.78 is 0. The van der Waals surface area contributed by atoms with Crippen molar-refractivity contribution in [3.05, 3.63) is 46.9 Å². The number of halogens is 1. The molecule has 0 aliphatic carbocycles. The molecule has 2 N–H and O–H groups in total. The molecule has 7 nitrogen and oxygen atoms in total. The van der Waals surface area contributed by atoms with Gasteiger partial charge in [-0.15, -0.1) is 0 Å². The number of nitrogens with one attached hydrogen (secondary N) is 2. The highest BCUT2D eigenvalue weighted by atomic mass is 35.5. The minimum atomic E-state index is 0.212. The number of aromatic nitrogens is 3. The Balaban J connectivity index is 1.66. The number of anilines is 2. The number of carbonyl (C=O) groups excluding carboxylic acids is 1. The van der Waals surface area contributed by atoms with Crippen LogP contribution in [-0.4, -0.2) is 57.8 Å². The van der Waals surface area contributed by atoms with Crippen molar-refractivity contribution in [2.45, 2.75) is 38.6 Å². The minimum absolute atomic E-state index is 0.212. The van der Waals surface area contributed by atoms with Gasteiger partial charge in [-0.3, -0.25) is 4.79 Å². The number of fused-ring (bicyclic) bond motifs is 2. The molecule has 0 saturated heterocycles. The molecule has 0 saturated carbocycles. The number of hydrogen-bond acceptors (Lipinski definition) is 5. The lowest BCUT2D eigenvalue weighted by molar-refractivity contribution is -0.130. The number of benzene rings is 1. The summed E-state index contributed by atoms with van der Waals surface area (Å²) in [6.07, 6.45) is 7.70. The third-order valence-corrected chi connectivity index (χ3v) is 6.21. The third kappa shape index (κ3) is 5.17. The Bertz CT molecular complexity index is 1070. The highest BCUT2D eigenvalue weighted by Crippen LogP contribution is 2.29. The molecule has 164 valence electrons. The highest BCUT2D eigenvalue weighted by molar-refractivity contribution is 6.31. The first-order valence-electron chi connectivity index (χ1n) is 10.8. The van der Waals surface area contributed by atoms with E-state index in [1.807, 2.05) is 30.3 Å². The quantitative estimate of drug-likeness (QED) is 0.543. The standard InChI is InChI=1S/C23H29ClN6O/c1-29-10-5-11-30(2)20(31)7-4-3-6-16-12-18(8-9-19(16)24)28-23-21-17(14-29)13-25-22(21)26-15-27-23/h8-9,12-13,15H,3-7,10-11,14H2,1-2H3,(H2,25,26,27,28). The molecule has 2 bridgehead atoms. The van der Waals surface area contributed by atoms with E-state index in [2.05, 4.69) is 38.3 Å². The van der Waals surface area contributed by atoms with Gasteiger partial charge in [-0.25, -0.2) is 9.97 Å². The number of aryl methyl sites for hydroxylation is 1. The van der Waals surface area contributed by atoms with Crippen molar-refractivity contribution < 1.29 is 4.79 Å². The smallest absolute Gasteiger partial charge is 0.222 e. The maximum atomic E-state index is 12.4. The Morgan fingerprint density at radius 3 is 2.74 bits per heavy atom. The first-order chi connectivity index (χ1) is 15.0. The molecule has 1 aliphatic heterocycles. The summed E-state index contributed by atoms with van der Waals surface area (Å²) in [5.74, 6) is 0.998. The summed E-state index contributed by atoms with van der Waals surface area (Å²) in [6, 6.07) is 5.96. The summed E-state index contributed by atoms with van der Waals surface area (Å²) in [6.45, 7) is 2.44. The van der Waals surface area contributed by atoms with E-state index in [1.165, 1.54) is 0 Å². The third-order valence-electron chi connectivity index (χ3n) is 5.85. The van der Waals surface area contributed by atoms with Gasteiger partial charge in [0.25, 0.3) is 0 Å². The first kappa shape index (κ1) is 21.6. The van der Waals surface area contributed by atoms with E-state index in [1.54, 1.807) is 6.33 Å². The fourth-order valence-corrected chi connectivity index (χ4v) is 4.29. The monoisotopic (exact) mass is 440 g/mol. The van der Waals surface area contributed by atoms with Gasteiger partial charge in [0.15, 0.2) is 0 Å². The average molecular weight is 441 g/mol. The lowest BCUT2D eigenvalue weighted by atomic mass is 10.1. The van der Waals surface area contributed by atoms with E-state index in [-0.39, 0.29) is 5.91 Å². The van der Waals surface area contributed by atoms with Crippen LogP contribution in [0.1, 0.15) is 36.8 Å². The van der Waals surface area contributed by atoms with Gasteiger partial charge in [-0.1, -0.05) is 11.6 Å². The molecule has 0 fully saturated rings. The summed E-state index contributed by atoms with van der Waals surface area (Å²) >= 11 is 6.44. The fraction of sp³-hybridized carbons (Fsp3) is 0.435. The van der Waals surface area contributed by atoms with Gasteiger partial charge in [0.1, 0.15) is 17.8 Å². The van der Waals surface area contributed by atoms with E-state index in [4.69, 9.17) is 11.6 Å². The van der Waals surface area contributed by atoms with Crippen LogP contribution >= 0.6 is 11.6 Å². The maximum absolute atomic E-state index is 12.4. The van der Waals surface area contributed by atoms with Crippen LogP contribution < -0.4 is 5.32 Å². The number of H-pyrrole nitrogens is 1. The minimum Gasteiger partial charge on any atom is -0.346 e. The van der Waals surface area contributed by atoms with Crippen molar-refractivity contribution in [3.63, 3.8) is 0 Å². The summed E-state index contributed by atoms with van der Waals surface area (Å²) in [7, 11) is 4.00. The van der Waals surface area contributed by atoms with Crippen LogP contribution in [0.4, 0.5) is 11.5 Å². The number of nitrogens with zero attached hydrogens (tertiary/aromatic N) is 4. The van der Waals surface area contributed by atoms with Crippen molar-refractivity contribution >= 4 is 40.0 Å². The van der Waals surface area contributed by atoms with Crippen LogP contribution in [0.2, 0.25) is 5.02 Å². The van der Waals surface area contributed by atoms with E-state index in [0.717, 1.165) is 84.0 Å². The van der Waals surface area contributed by atoms with Crippen LogP contribution in [-0.2, 0) is 17.8 Å². The molecule has 2 aromatic heterocycles. The van der Waals surface area contributed by atoms with Crippen molar-refractivity contribution in [1.29, 1.82) is 0 Å². The molecule has 3 aromatic rings. The van der Waals surface area contributed by atoms with Crippen LogP contribution in [0.3, 0.4) is 0 Å². The Labute approximate surface area is 187 Å². The molecule has 0 atom stereocenters. The largest absolute Gasteiger partial charge is 0.346 e. The van der Waals surface area contributed by atoms with Crippen LogP contribution in [0.25, 0.3) is 11.0 Å². The topological polar surface area (TPSA) is 77.2 Å². The molecular weight excluding hydrogens is 412 g/mol.